The van der Waals surface area contributed by atoms with Crippen molar-refractivity contribution in [1.82, 2.24) is 10.3 Å². The quantitative estimate of drug-likeness (QED) is 0.411. The number of benzene rings is 3. The van der Waals surface area contributed by atoms with Gasteiger partial charge in [-0.05, 0) is 55.8 Å². The maximum absolute atomic E-state index is 13.0. The third kappa shape index (κ3) is 4.67. The molecule has 4 rings (SSSR count). The summed E-state index contributed by atoms with van der Waals surface area (Å²) in [5, 5.41) is 3.06. The lowest BCUT2D eigenvalue weighted by Crippen LogP contribution is -2.27. The molecule has 0 spiro atoms. The molecule has 5 heteroatoms. The first-order valence-corrected chi connectivity index (χ1v) is 10.3. The van der Waals surface area contributed by atoms with Gasteiger partial charge in [0.25, 0.3) is 5.91 Å². The van der Waals surface area contributed by atoms with E-state index in [1.165, 1.54) is 0 Å². The van der Waals surface area contributed by atoms with Crippen LogP contribution < -0.4 is 10.1 Å². The number of rotatable bonds is 7. The Kier molecular flexibility index (Phi) is 6.13. The second-order valence-electron chi connectivity index (χ2n) is 7.14. The van der Waals surface area contributed by atoms with Crippen LogP contribution in [0.4, 0.5) is 0 Å². The van der Waals surface area contributed by atoms with Crippen molar-refractivity contribution in [2.45, 2.75) is 19.9 Å². The Hall–Kier alpha value is -3.86. The van der Waals surface area contributed by atoms with Crippen molar-refractivity contribution >= 4 is 5.91 Å². The van der Waals surface area contributed by atoms with Crippen LogP contribution in [-0.2, 0) is 0 Å². The van der Waals surface area contributed by atoms with Crippen LogP contribution in [0, 0.1) is 0 Å². The molecule has 0 saturated heterocycles. The predicted molar refractivity (Wildman–Crippen MR) is 121 cm³/mol. The summed E-state index contributed by atoms with van der Waals surface area (Å²) in [5.74, 6) is 1.67. The molecule has 0 aliphatic rings. The number of carbonyl (C=O) groups excluding carboxylic acids is 1. The topological polar surface area (TPSA) is 64.4 Å². The molecule has 1 N–H and O–H groups in total. The van der Waals surface area contributed by atoms with Crippen molar-refractivity contribution in [3.8, 4) is 28.5 Å². The van der Waals surface area contributed by atoms with E-state index in [1.54, 1.807) is 12.3 Å². The van der Waals surface area contributed by atoms with Crippen molar-refractivity contribution in [2.24, 2.45) is 0 Å². The van der Waals surface area contributed by atoms with Gasteiger partial charge in [-0.1, -0.05) is 42.5 Å². The van der Waals surface area contributed by atoms with Gasteiger partial charge in [0.15, 0.2) is 5.76 Å². The number of amides is 1. The number of nitrogens with zero attached hydrogens (tertiary/aromatic N) is 1. The minimum atomic E-state index is -0.173. The molecule has 0 bridgehead atoms. The summed E-state index contributed by atoms with van der Waals surface area (Å²) >= 11 is 0. The molecule has 0 radical (unpaired) electrons. The van der Waals surface area contributed by atoms with E-state index in [0.29, 0.717) is 29.4 Å². The fourth-order valence-electron chi connectivity index (χ4n) is 3.38. The molecule has 0 unspecified atom stereocenters. The van der Waals surface area contributed by atoms with Crippen LogP contribution in [0.1, 0.15) is 35.8 Å². The van der Waals surface area contributed by atoms with E-state index < -0.39 is 0 Å². The first-order valence-electron chi connectivity index (χ1n) is 10.3. The van der Waals surface area contributed by atoms with Gasteiger partial charge in [-0.25, -0.2) is 4.98 Å². The van der Waals surface area contributed by atoms with E-state index in [1.807, 2.05) is 86.6 Å². The smallest absolute Gasteiger partial charge is 0.252 e. The highest BCUT2D eigenvalue weighted by molar-refractivity contribution is 6.00. The summed E-state index contributed by atoms with van der Waals surface area (Å²) in [7, 11) is 0. The number of nitrogens with one attached hydrogen (secondary N) is 1. The average Bonchev–Trinajstić information content (AvgIpc) is 3.30. The minimum absolute atomic E-state index is 0.120. The summed E-state index contributed by atoms with van der Waals surface area (Å²) in [5.41, 5.74) is 3.10. The molecular weight excluding hydrogens is 388 g/mol. The molecule has 4 aromatic rings. The van der Waals surface area contributed by atoms with Gasteiger partial charge in [0.05, 0.1) is 24.4 Å². The van der Waals surface area contributed by atoms with E-state index >= 15 is 0 Å². The highest BCUT2D eigenvalue weighted by Gasteiger charge is 2.18. The molecule has 5 nitrogen and oxygen atoms in total. The Labute approximate surface area is 181 Å². The molecule has 0 aliphatic carbocycles. The van der Waals surface area contributed by atoms with Crippen molar-refractivity contribution in [2.75, 3.05) is 6.61 Å². The first-order chi connectivity index (χ1) is 15.2. The molecule has 1 heterocycles. The number of ether oxygens (including phenoxy) is 1. The van der Waals surface area contributed by atoms with Crippen LogP contribution in [0.5, 0.6) is 5.75 Å². The molecule has 3 aromatic carbocycles. The highest BCUT2D eigenvalue weighted by Crippen LogP contribution is 2.29. The van der Waals surface area contributed by atoms with Crippen LogP contribution in [0.3, 0.4) is 0 Å². The second-order valence-corrected chi connectivity index (χ2v) is 7.14. The molecule has 156 valence electrons. The lowest BCUT2D eigenvalue weighted by atomic mass is 10.0. The standard InChI is InChI=1S/C26H24N2O3/c1-3-30-21-15-13-20(14-16-21)24-17-27-26(31-24)23-12-8-7-11-22(23)25(29)28-18(2)19-9-5-4-6-10-19/h4-18H,3H2,1-2H3,(H,28,29)/t18-/m1/s1. The van der Waals surface area contributed by atoms with Gasteiger partial charge in [-0.15, -0.1) is 0 Å². The molecule has 0 saturated carbocycles. The van der Waals surface area contributed by atoms with E-state index in [-0.39, 0.29) is 11.9 Å². The second kappa shape index (κ2) is 9.30. The van der Waals surface area contributed by atoms with Crippen molar-refractivity contribution < 1.29 is 13.9 Å². The number of hydrogen-bond acceptors (Lipinski definition) is 4. The van der Waals surface area contributed by atoms with E-state index in [4.69, 9.17) is 9.15 Å². The van der Waals surface area contributed by atoms with Crippen molar-refractivity contribution in [3.63, 3.8) is 0 Å². The Morgan fingerprint density at radius 3 is 2.45 bits per heavy atom. The van der Waals surface area contributed by atoms with Crippen LogP contribution in [-0.4, -0.2) is 17.5 Å². The molecule has 0 fully saturated rings. The number of carbonyl (C=O) groups is 1. The van der Waals surface area contributed by atoms with Gasteiger partial charge in [0.1, 0.15) is 5.75 Å². The lowest BCUT2D eigenvalue weighted by Gasteiger charge is -2.15. The first kappa shape index (κ1) is 20.4. The van der Waals surface area contributed by atoms with Crippen LogP contribution in [0.25, 0.3) is 22.8 Å². The average molecular weight is 412 g/mol. The highest BCUT2D eigenvalue weighted by atomic mass is 16.5. The third-order valence-corrected chi connectivity index (χ3v) is 5.00. The van der Waals surface area contributed by atoms with Gasteiger partial charge < -0.3 is 14.5 Å². The summed E-state index contributed by atoms with van der Waals surface area (Å²) in [6.07, 6.45) is 1.67. The predicted octanol–water partition coefficient (Wildman–Crippen LogP) is 5.90. The Morgan fingerprint density at radius 2 is 1.71 bits per heavy atom. The molecule has 1 atom stereocenters. The SMILES string of the molecule is CCOc1ccc(-c2cnc(-c3ccccc3C(=O)N[C@H](C)c3ccccc3)o2)cc1. The Bertz CT molecular complexity index is 1150. The minimum Gasteiger partial charge on any atom is -0.494 e. The lowest BCUT2D eigenvalue weighted by molar-refractivity contribution is 0.0940. The number of oxazole rings is 1. The van der Waals surface area contributed by atoms with Gasteiger partial charge in [0, 0.05) is 11.1 Å². The Morgan fingerprint density at radius 1 is 1.00 bits per heavy atom. The molecule has 31 heavy (non-hydrogen) atoms. The fourth-order valence-corrected chi connectivity index (χ4v) is 3.38. The van der Waals surface area contributed by atoms with Crippen molar-refractivity contribution in [3.05, 3.63) is 96.2 Å². The maximum Gasteiger partial charge on any atom is 0.252 e. The Balaban J connectivity index is 1.57. The van der Waals surface area contributed by atoms with E-state index in [9.17, 15) is 4.79 Å². The molecule has 0 aliphatic heterocycles. The molecule has 1 aromatic heterocycles. The zero-order valence-corrected chi connectivity index (χ0v) is 17.5. The molecular formula is C26H24N2O3. The maximum atomic E-state index is 13.0. The van der Waals surface area contributed by atoms with E-state index in [2.05, 4.69) is 10.3 Å². The summed E-state index contributed by atoms with van der Waals surface area (Å²) in [6, 6.07) is 24.7. The number of hydrogen-bond donors (Lipinski definition) is 1. The summed E-state index contributed by atoms with van der Waals surface area (Å²) < 4.78 is 11.5. The third-order valence-electron chi connectivity index (χ3n) is 5.00. The monoisotopic (exact) mass is 412 g/mol. The van der Waals surface area contributed by atoms with Gasteiger partial charge in [-0.3, -0.25) is 4.79 Å². The normalized spacial score (nSPS) is 11.7. The van der Waals surface area contributed by atoms with Gasteiger partial charge in [0.2, 0.25) is 5.89 Å². The summed E-state index contributed by atoms with van der Waals surface area (Å²) in [6.45, 7) is 4.53. The van der Waals surface area contributed by atoms with Crippen molar-refractivity contribution in [1.29, 1.82) is 0 Å². The van der Waals surface area contributed by atoms with Crippen LogP contribution >= 0.6 is 0 Å². The summed E-state index contributed by atoms with van der Waals surface area (Å²) in [4.78, 5) is 17.4. The van der Waals surface area contributed by atoms with Gasteiger partial charge >= 0.3 is 0 Å². The van der Waals surface area contributed by atoms with Gasteiger partial charge in [-0.2, -0.15) is 0 Å². The van der Waals surface area contributed by atoms with E-state index in [0.717, 1.165) is 16.9 Å². The fraction of sp³-hybridized carbons (Fsp3) is 0.154. The zero-order valence-electron chi connectivity index (χ0n) is 17.5. The van der Waals surface area contributed by atoms with Crippen LogP contribution in [0.2, 0.25) is 0 Å². The largest absolute Gasteiger partial charge is 0.494 e. The van der Waals surface area contributed by atoms with Crippen LogP contribution in [0.15, 0.2) is 89.5 Å². The molecule has 1 amide bonds. The zero-order chi connectivity index (χ0) is 21.6. The number of aromatic nitrogens is 1.